The van der Waals surface area contributed by atoms with Crippen LogP contribution in [0.1, 0.15) is 44.3 Å². The number of aromatic nitrogens is 3. The molecule has 1 atom stereocenters. The molecule has 1 aromatic carbocycles. The maximum absolute atomic E-state index is 11.7. The molecule has 1 amide bonds. The summed E-state index contributed by atoms with van der Waals surface area (Å²) in [6.45, 7) is 1.84. The van der Waals surface area contributed by atoms with Crippen LogP contribution in [0.4, 0.5) is 10.6 Å². The van der Waals surface area contributed by atoms with Crippen LogP contribution in [0.25, 0.3) is 22.2 Å². The van der Waals surface area contributed by atoms with Crippen molar-refractivity contribution in [3.63, 3.8) is 0 Å². The topological polar surface area (TPSA) is 92.8 Å². The number of carbonyl (C=O) groups excluding carboxylic acids is 1. The number of cyclic esters (lactones) is 1. The van der Waals surface area contributed by atoms with Crippen LogP contribution in [0.15, 0.2) is 36.5 Å². The summed E-state index contributed by atoms with van der Waals surface area (Å²) in [5.74, 6) is 0.510. The number of para-hydroxylation sites is 1. The number of pyridine rings is 1. The summed E-state index contributed by atoms with van der Waals surface area (Å²) < 4.78 is 7.41. The number of nitriles is 1. The summed E-state index contributed by atoms with van der Waals surface area (Å²) in [5.41, 5.74) is 3.31. The second kappa shape index (κ2) is 6.06. The molecule has 28 heavy (non-hydrogen) atoms. The number of nitrogens with one attached hydrogen (secondary N) is 1. The number of hydrogen-bond donors (Lipinski definition) is 1. The van der Waals surface area contributed by atoms with Gasteiger partial charge in [-0.2, -0.15) is 10.4 Å². The molecule has 2 aliphatic rings. The molecule has 0 saturated heterocycles. The third kappa shape index (κ3) is 2.31. The normalized spacial score (nSPS) is 19.9. The lowest BCUT2D eigenvalue weighted by Crippen LogP contribution is -2.41. The van der Waals surface area contributed by atoms with E-state index in [1.54, 1.807) is 6.20 Å². The average molecular weight is 373 g/mol. The Balaban J connectivity index is 1.76. The first-order valence-electron chi connectivity index (χ1n) is 9.45. The van der Waals surface area contributed by atoms with Gasteiger partial charge in [-0.25, -0.2) is 9.78 Å². The molecule has 7 heteroatoms. The Morgan fingerprint density at radius 2 is 2.18 bits per heavy atom. The maximum Gasteiger partial charge on any atom is 0.413 e. The number of anilines is 1. The fourth-order valence-electron chi connectivity index (χ4n) is 4.36. The van der Waals surface area contributed by atoms with Crippen LogP contribution in [-0.2, 0) is 10.3 Å². The Bertz CT molecular complexity index is 1140. The summed E-state index contributed by atoms with van der Waals surface area (Å²) in [5, 5.41) is 18.1. The quantitative estimate of drug-likeness (QED) is 0.729. The molecule has 2 aromatic heterocycles. The third-order valence-corrected chi connectivity index (χ3v) is 5.89. The average Bonchev–Trinajstić information content (AvgIpc) is 3.04. The zero-order chi connectivity index (χ0) is 19.3. The molecule has 0 spiro atoms. The highest BCUT2D eigenvalue weighted by atomic mass is 16.6. The number of nitrogens with zero attached hydrogens (tertiary/aromatic N) is 4. The second-order valence-corrected chi connectivity index (χ2v) is 7.48. The molecule has 1 saturated carbocycles. The molecule has 0 unspecified atom stereocenters. The summed E-state index contributed by atoms with van der Waals surface area (Å²) >= 11 is 0. The second-order valence-electron chi connectivity index (χ2n) is 7.48. The van der Waals surface area contributed by atoms with Gasteiger partial charge in [0.05, 0.1) is 23.5 Å². The number of hydrogen-bond acceptors (Lipinski definition) is 5. The molecular weight excluding hydrogens is 354 g/mol. The van der Waals surface area contributed by atoms with Crippen LogP contribution in [0.5, 0.6) is 0 Å². The number of benzene rings is 1. The Morgan fingerprint density at radius 1 is 1.36 bits per heavy atom. The zero-order valence-electron chi connectivity index (χ0n) is 15.5. The van der Waals surface area contributed by atoms with Gasteiger partial charge in [0.15, 0.2) is 0 Å². The lowest BCUT2D eigenvalue weighted by molar-refractivity contribution is 0.116. The van der Waals surface area contributed by atoms with Crippen LogP contribution < -0.4 is 5.32 Å². The lowest BCUT2D eigenvalue weighted by Gasteiger charge is -2.40. The first-order chi connectivity index (χ1) is 13.6. The molecule has 3 aromatic rings. The van der Waals surface area contributed by atoms with Crippen molar-refractivity contribution in [2.24, 2.45) is 0 Å². The van der Waals surface area contributed by atoms with Gasteiger partial charge in [-0.05, 0) is 38.3 Å². The summed E-state index contributed by atoms with van der Waals surface area (Å²) in [6.07, 6.45) is 4.21. The van der Waals surface area contributed by atoms with Crippen LogP contribution in [0.3, 0.4) is 0 Å². The van der Waals surface area contributed by atoms with Crippen molar-refractivity contribution in [2.75, 3.05) is 5.32 Å². The minimum absolute atomic E-state index is 0.240. The highest BCUT2D eigenvalue weighted by Gasteiger charge is 2.41. The highest BCUT2D eigenvalue weighted by Crippen LogP contribution is 2.46. The molecule has 1 aliphatic carbocycles. The lowest BCUT2D eigenvalue weighted by atomic mass is 9.74. The number of carbonyl (C=O) groups is 1. The minimum atomic E-state index is -0.498. The van der Waals surface area contributed by atoms with E-state index in [0.717, 1.165) is 47.0 Å². The van der Waals surface area contributed by atoms with E-state index in [1.165, 1.54) is 0 Å². The van der Waals surface area contributed by atoms with Crippen LogP contribution in [0.2, 0.25) is 0 Å². The molecule has 0 radical (unpaired) electrons. The van der Waals surface area contributed by atoms with Gasteiger partial charge in [0.25, 0.3) is 0 Å². The monoisotopic (exact) mass is 373 g/mol. The number of ether oxygens (including phenoxy) is 1. The van der Waals surface area contributed by atoms with E-state index in [0.29, 0.717) is 12.2 Å². The Hall–Kier alpha value is -3.40. The van der Waals surface area contributed by atoms with Gasteiger partial charge >= 0.3 is 6.09 Å². The fraction of sp³-hybridized carbons (Fsp3) is 0.333. The Kier molecular flexibility index (Phi) is 3.63. The molecule has 0 bridgehead atoms. The number of amides is 1. The Morgan fingerprint density at radius 3 is 2.93 bits per heavy atom. The first kappa shape index (κ1) is 16.8. The Labute approximate surface area is 161 Å². The summed E-state index contributed by atoms with van der Waals surface area (Å²) in [6, 6.07) is 12.3. The van der Waals surface area contributed by atoms with Crippen LogP contribution >= 0.6 is 0 Å². The third-order valence-electron chi connectivity index (χ3n) is 5.89. The maximum atomic E-state index is 11.7. The van der Waals surface area contributed by atoms with E-state index in [9.17, 15) is 10.1 Å². The highest BCUT2D eigenvalue weighted by molar-refractivity contribution is 5.97. The van der Waals surface area contributed by atoms with Gasteiger partial charge in [0, 0.05) is 22.7 Å². The predicted octanol–water partition coefficient (Wildman–Crippen LogP) is 4.51. The molecule has 1 aliphatic heterocycles. The van der Waals surface area contributed by atoms with E-state index >= 15 is 0 Å². The van der Waals surface area contributed by atoms with E-state index in [1.807, 2.05) is 35.9 Å². The molecule has 1 N–H and O–H groups in total. The van der Waals surface area contributed by atoms with Gasteiger partial charge in [0.2, 0.25) is 0 Å². The molecular formula is C21H19N5O2. The van der Waals surface area contributed by atoms with Crippen LogP contribution in [-0.4, -0.2) is 20.9 Å². The van der Waals surface area contributed by atoms with E-state index in [-0.39, 0.29) is 5.54 Å². The van der Waals surface area contributed by atoms with E-state index in [4.69, 9.17) is 9.84 Å². The first-order valence-corrected chi connectivity index (χ1v) is 9.45. The molecule has 140 valence electrons. The van der Waals surface area contributed by atoms with Crippen molar-refractivity contribution in [3.05, 3.63) is 42.1 Å². The van der Waals surface area contributed by atoms with Crippen molar-refractivity contribution in [1.82, 2.24) is 14.8 Å². The standard InChI is InChI=1S/C21H19N5O2/c1-13-17-15(7-12-23-19(17)24-20(27)28-13)18-14-5-2-3-6-16(14)26(25-18)21(10-11-22)8-4-9-21/h2-3,5-7,12-13H,4,8-10H2,1H3,(H,23,24,27)/t13-/m0/s1. The van der Waals surface area contributed by atoms with Gasteiger partial charge in [-0.1, -0.05) is 18.2 Å². The number of fused-ring (bicyclic) bond motifs is 2. The van der Waals surface area contributed by atoms with Crippen molar-refractivity contribution in [2.45, 2.75) is 44.2 Å². The molecule has 5 rings (SSSR count). The number of rotatable bonds is 3. The summed E-state index contributed by atoms with van der Waals surface area (Å²) in [4.78, 5) is 16.0. The molecule has 3 heterocycles. The van der Waals surface area contributed by atoms with Gasteiger partial charge in [0.1, 0.15) is 17.6 Å². The minimum Gasteiger partial charge on any atom is -0.441 e. The molecule has 1 fully saturated rings. The molecule has 7 nitrogen and oxygen atoms in total. The van der Waals surface area contributed by atoms with Crippen molar-refractivity contribution >= 4 is 22.8 Å². The van der Waals surface area contributed by atoms with E-state index in [2.05, 4.69) is 22.4 Å². The smallest absolute Gasteiger partial charge is 0.413 e. The van der Waals surface area contributed by atoms with Gasteiger partial charge in [-0.3, -0.25) is 10.00 Å². The largest absolute Gasteiger partial charge is 0.441 e. The van der Waals surface area contributed by atoms with Gasteiger partial charge < -0.3 is 4.74 Å². The SMILES string of the molecule is C[C@@H]1OC(=O)Nc2nccc(-c3nn(C4(CC#N)CCC4)c4ccccc34)c21. The zero-order valence-corrected chi connectivity index (χ0v) is 15.5. The fourth-order valence-corrected chi connectivity index (χ4v) is 4.36. The van der Waals surface area contributed by atoms with Crippen molar-refractivity contribution in [3.8, 4) is 17.3 Å². The van der Waals surface area contributed by atoms with Crippen LogP contribution in [0, 0.1) is 11.3 Å². The summed E-state index contributed by atoms with van der Waals surface area (Å²) in [7, 11) is 0. The van der Waals surface area contributed by atoms with Crippen molar-refractivity contribution < 1.29 is 9.53 Å². The predicted molar refractivity (Wildman–Crippen MR) is 104 cm³/mol. The van der Waals surface area contributed by atoms with Gasteiger partial charge in [-0.15, -0.1) is 0 Å². The van der Waals surface area contributed by atoms with Crippen molar-refractivity contribution in [1.29, 1.82) is 5.26 Å². The van der Waals surface area contributed by atoms with E-state index < -0.39 is 12.2 Å².